The van der Waals surface area contributed by atoms with E-state index in [1.807, 2.05) is 51.1 Å². The molecule has 0 saturated carbocycles. The quantitative estimate of drug-likeness (QED) is 0.508. The summed E-state index contributed by atoms with van der Waals surface area (Å²) in [5.41, 5.74) is 0.743. The van der Waals surface area contributed by atoms with Gasteiger partial charge in [-0.2, -0.15) is 0 Å². The van der Waals surface area contributed by atoms with Crippen LogP contribution in [0.5, 0.6) is 0 Å². The van der Waals surface area contributed by atoms with Crippen LogP contribution in [0.4, 0.5) is 0 Å². The minimum absolute atomic E-state index is 0.0208. The lowest BCUT2D eigenvalue weighted by Crippen LogP contribution is -2.59. The topological polar surface area (TPSA) is 67.9 Å². The molecule has 1 fully saturated rings. The van der Waals surface area contributed by atoms with E-state index in [0.717, 1.165) is 5.56 Å². The van der Waals surface area contributed by atoms with Gasteiger partial charge in [0.25, 0.3) is 0 Å². The highest BCUT2D eigenvalue weighted by Gasteiger charge is 2.54. The molecule has 6 heteroatoms. The van der Waals surface area contributed by atoms with Crippen molar-refractivity contribution in [3.05, 3.63) is 48.0 Å². The molecule has 0 radical (unpaired) electrons. The molecular formula is C25H36N2O4. The normalized spacial score (nSPS) is 25.8. The molecule has 1 N–H and O–H groups in total. The molecule has 2 heterocycles. The molecule has 5 atom stereocenters. The largest absolute Gasteiger partial charge is 0.469 e. The van der Waals surface area contributed by atoms with Crippen molar-refractivity contribution >= 4 is 11.9 Å². The number of nitrogens with one attached hydrogen (secondary N) is 1. The molecule has 2 aliphatic rings. The molecule has 2 bridgehead atoms. The van der Waals surface area contributed by atoms with Crippen LogP contribution < -0.4 is 5.32 Å². The lowest BCUT2D eigenvalue weighted by Gasteiger charge is -2.41. The average Bonchev–Trinajstić information content (AvgIpc) is 3.31. The van der Waals surface area contributed by atoms with Crippen molar-refractivity contribution in [3.8, 4) is 0 Å². The number of hydrogen-bond acceptors (Lipinski definition) is 5. The molecule has 1 aromatic carbocycles. The molecule has 3 rings (SSSR count). The molecule has 31 heavy (non-hydrogen) atoms. The number of esters is 1. The van der Waals surface area contributed by atoms with E-state index in [1.54, 1.807) is 0 Å². The van der Waals surface area contributed by atoms with Gasteiger partial charge >= 0.3 is 5.97 Å². The van der Waals surface area contributed by atoms with Gasteiger partial charge in [-0.3, -0.25) is 14.5 Å². The van der Waals surface area contributed by atoms with Crippen LogP contribution in [0.15, 0.2) is 42.5 Å². The number of nitrogens with zero attached hydrogens (tertiary/aromatic N) is 1. The number of hydrogen-bond donors (Lipinski definition) is 1. The molecular weight excluding hydrogens is 392 g/mol. The second-order valence-electron chi connectivity index (χ2n) is 10.0. The number of amides is 1. The highest BCUT2D eigenvalue weighted by molar-refractivity contribution is 5.83. The number of carbonyl (C=O) groups is 2. The second-order valence-corrected chi connectivity index (χ2v) is 10.0. The first-order valence-corrected chi connectivity index (χ1v) is 11.1. The summed E-state index contributed by atoms with van der Waals surface area (Å²) in [6, 6.07) is 9.41. The standard InChI is InChI=1S/C25H36N2O4/c1-16(2)14-18(23(28)26-25(3,4)5)27(15-17-10-8-7-9-11-17)22-20-13-12-19(31-20)21(22)24(29)30-6/h7-13,16,18-22H,14-15H2,1-6H3,(H,26,28)/t18?,19-,20+,21-,22-/m1/s1. The summed E-state index contributed by atoms with van der Waals surface area (Å²) in [6.45, 7) is 10.7. The first-order valence-electron chi connectivity index (χ1n) is 11.1. The fourth-order valence-corrected chi connectivity index (χ4v) is 4.60. The lowest BCUT2D eigenvalue weighted by molar-refractivity contribution is -0.149. The molecule has 1 aromatic rings. The van der Waals surface area contributed by atoms with Crippen LogP contribution in [0.3, 0.4) is 0 Å². The summed E-state index contributed by atoms with van der Waals surface area (Å²) in [5.74, 6) is -0.464. The van der Waals surface area contributed by atoms with Crippen molar-refractivity contribution < 1.29 is 19.1 Å². The summed E-state index contributed by atoms with van der Waals surface area (Å²) >= 11 is 0. The SMILES string of the molecule is COC(=O)[C@H]1[C@H](N(Cc2ccccc2)C(CC(C)C)C(=O)NC(C)(C)C)[C@@H]2C=C[C@H]1O2. The van der Waals surface area contributed by atoms with E-state index in [4.69, 9.17) is 9.47 Å². The molecule has 0 aliphatic carbocycles. The number of ether oxygens (including phenoxy) is 2. The molecule has 1 saturated heterocycles. The molecule has 2 aliphatic heterocycles. The van der Waals surface area contributed by atoms with Gasteiger partial charge in [-0.25, -0.2) is 0 Å². The van der Waals surface area contributed by atoms with Crippen LogP contribution in [-0.2, 0) is 25.6 Å². The number of rotatable bonds is 8. The zero-order valence-corrected chi connectivity index (χ0v) is 19.5. The Hall–Kier alpha value is -2.18. The maximum atomic E-state index is 13.5. The summed E-state index contributed by atoms with van der Waals surface area (Å²) in [6.07, 6.45) is 4.08. The van der Waals surface area contributed by atoms with Crippen LogP contribution >= 0.6 is 0 Å². The molecule has 170 valence electrons. The van der Waals surface area contributed by atoms with Crippen LogP contribution in [0.1, 0.15) is 46.6 Å². The van der Waals surface area contributed by atoms with E-state index in [9.17, 15) is 9.59 Å². The molecule has 6 nitrogen and oxygen atoms in total. The van der Waals surface area contributed by atoms with E-state index >= 15 is 0 Å². The third kappa shape index (κ3) is 5.55. The first kappa shape index (κ1) is 23.5. The zero-order chi connectivity index (χ0) is 22.8. The van der Waals surface area contributed by atoms with Crippen LogP contribution in [0, 0.1) is 11.8 Å². The van der Waals surface area contributed by atoms with E-state index in [1.165, 1.54) is 7.11 Å². The Labute approximate surface area is 186 Å². The average molecular weight is 429 g/mol. The third-order valence-electron chi connectivity index (χ3n) is 5.82. The second kappa shape index (κ2) is 9.53. The number of benzene rings is 1. The van der Waals surface area contributed by atoms with Crippen molar-refractivity contribution in [3.63, 3.8) is 0 Å². The van der Waals surface area contributed by atoms with Crippen LogP contribution in [-0.4, -0.2) is 53.7 Å². The highest BCUT2D eigenvalue weighted by Crippen LogP contribution is 2.40. The zero-order valence-electron chi connectivity index (χ0n) is 19.5. The lowest BCUT2D eigenvalue weighted by atomic mass is 9.85. The monoisotopic (exact) mass is 428 g/mol. The van der Waals surface area contributed by atoms with Crippen LogP contribution in [0.25, 0.3) is 0 Å². The van der Waals surface area contributed by atoms with Gasteiger partial charge < -0.3 is 14.8 Å². The maximum Gasteiger partial charge on any atom is 0.313 e. The number of carbonyl (C=O) groups excluding carboxylic acids is 2. The molecule has 0 aromatic heterocycles. The molecule has 1 amide bonds. The first-order chi connectivity index (χ1) is 14.6. The minimum Gasteiger partial charge on any atom is -0.469 e. The summed E-state index contributed by atoms with van der Waals surface area (Å²) in [5, 5.41) is 3.16. The van der Waals surface area contributed by atoms with E-state index < -0.39 is 12.0 Å². The van der Waals surface area contributed by atoms with Crippen molar-refractivity contribution in [1.29, 1.82) is 0 Å². The van der Waals surface area contributed by atoms with Gasteiger partial charge in [0.15, 0.2) is 0 Å². The van der Waals surface area contributed by atoms with Gasteiger partial charge in [-0.05, 0) is 38.7 Å². The third-order valence-corrected chi connectivity index (χ3v) is 5.82. The van der Waals surface area contributed by atoms with Crippen molar-refractivity contribution in [1.82, 2.24) is 10.2 Å². The summed E-state index contributed by atoms with van der Waals surface area (Å²) < 4.78 is 11.2. The summed E-state index contributed by atoms with van der Waals surface area (Å²) in [4.78, 5) is 28.4. The Morgan fingerprint density at radius 3 is 2.35 bits per heavy atom. The van der Waals surface area contributed by atoms with Gasteiger partial charge in [-0.15, -0.1) is 0 Å². The summed E-state index contributed by atoms with van der Waals surface area (Å²) in [7, 11) is 1.41. The Morgan fingerprint density at radius 2 is 1.77 bits per heavy atom. The predicted octanol–water partition coefficient (Wildman–Crippen LogP) is 3.31. The number of methoxy groups -OCH3 is 1. The maximum absolute atomic E-state index is 13.5. The Morgan fingerprint density at radius 1 is 1.13 bits per heavy atom. The minimum atomic E-state index is -0.458. The Bertz CT molecular complexity index is 799. The Balaban J connectivity index is 2.02. The van der Waals surface area contributed by atoms with E-state index in [0.29, 0.717) is 18.9 Å². The van der Waals surface area contributed by atoms with Gasteiger partial charge in [-0.1, -0.05) is 56.3 Å². The predicted molar refractivity (Wildman–Crippen MR) is 120 cm³/mol. The van der Waals surface area contributed by atoms with E-state index in [2.05, 4.69) is 36.2 Å². The number of fused-ring (bicyclic) bond motifs is 2. The van der Waals surface area contributed by atoms with Crippen molar-refractivity contribution in [2.45, 2.75) is 77.4 Å². The van der Waals surface area contributed by atoms with E-state index in [-0.39, 0.29) is 35.7 Å². The van der Waals surface area contributed by atoms with Crippen molar-refractivity contribution in [2.24, 2.45) is 11.8 Å². The van der Waals surface area contributed by atoms with Gasteiger partial charge in [0.2, 0.25) is 5.91 Å². The van der Waals surface area contributed by atoms with Crippen LogP contribution in [0.2, 0.25) is 0 Å². The smallest absolute Gasteiger partial charge is 0.313 e. The van der Waals surface area contributed by atoms with Gasteiger partial charge in [0.05, 0.1) is 31.4 Å². The van der Waals surface area contributed by atoms with Gasteiger partial charge in [0.1, 0.15) is 5.92 Å². The fourth-order valence-electron chi connectivity index (χ4n) is 4.60. The fraction of sp³-hybridized carbons (Fsp3) is 0.600. The van der Waals surface area contributed by atoms with Gasteiger partial charge in [0, 0.05) is 12.1 Å². The Kier molecular flexibility index (Phi) is 7.22. The van der Waals surface area contributed by atoms with Crippen molar-refractivity contribution in [2.75, 3.05) is 7.11 Å². The highest BCUT2D eigenvalue weighted by atomic mass is 16.5. The molecule has 1 unspecified atom stereocenters. The molecule has 0 spiro atoms.